The van der Waals surface area contributed by atoms with E-state index in [2.05, 4.69) is 10.2 Å². The molecule has 6 aliphatic rings. The zero-order chi connectivity index (χ0) is 13.2. The smallest absolute Gasteiger partial charge is 0.0198 e. The second kappa shape index (κ2) is 4.46. The lowest BCUT2D eigenvalue weighted by molar-refractivity contribution is -0.0694. The van der Waals surface area contributed by atoms with Crippen molar-refractivity contribution in [2.24, 2.45) is 23.2 Å². The van der Waals surface area contributed by atoms with Crippen LogP contribution in [0.1, 0.15) is 57.8 Å². The van der Waals surface area contributed by atoms with E-state index in [1.807, 2.05) is 0 Å². The van der Waals surface area contributed by atoms with Crippen LogP contribution in [0.3, 0.4) is 0 Å². The number of nitrogens with one attached hydrogen (secondary N) is 1. The van der Waals surface area contributed by atoms with E-state index in [0.717, 1.165) is 35.3 Å². The number of hydrogen-bond donors (Lipinski definition) is 1. The summed E-state index contributed by atoms with van der Waals surface area (Å²) < 4.78 is 0. The van der Waals surface area contributed by atoms with Crippen molar-refractivity contribution < 1.29 is 0 Å². The third-order valence-corrected chi connectivity index (χ3v) is 7.33. The van der Waals surface area contributed by atoms with Gasteiger partial charge in [0.25, 0.3) is 0 Å². The van der Waals surface area contributed by atoms with Gasteiger partial charge in [0.2, 0.25) is 0 Å². The van der Waals surface area contributed by atoms with Crippen LogP contribution in [0.25, 0.3) is 0 Å². The first-order valence-electron chi connectivity index (χ1n) is 9.25. The van der Waals surface area contributed by atoms with Crippen LogP contribution in [0, 0.1) is 23.2 Å². The SMILES string of the molecule is C1C2CC3CC1CC(CN1CCC4CCC(C1)N4)(C2)C3. The number of nitrogens with zero attached hydrogens (tertiary/aromatic N) is 1. The molecular formula is C18H30N2. The van der Waals surface area contributed by atoms with Crippen molar-refractivity contribution in [2.45, 2.75) is 69.9 Å². The van der Waals surface area contributed by atoms with Gasteiger partial charge in [0.05, 0.1) is 0 Å². The highest BCUT2D eigenvalue weighted by Crippen LogP contribution is 2.60. The molecule has 1 N–H and O–H groups in total. The van der Waals surface area contributed by atoms with Crippen molar-refractivity contribution in [1.82, 2.24) is 10.2 Å². The Morgan fingerprint density at radius 1 is 0.850 bits per heavy atom. The summed E-state index contributed by atoms with van der Waals surface area (Å²) in [6.07, 6.45) is 13.8. The summed E-state index contributed by atoms with van der Waals surface area (Å²) in [4.78, 5) is 2.87. The first kappa shape index (κ1) is 12.5. The molecule has 6 rings (SSSR count). The Bertz CT molecular complexity index is 356. The van der Waals surface area contributed by atoms with E-state index in [1.54, 1.807) is 38.5 Å². The van der Waals surface area contributed by atoms with Gasteiger partial charge in [-0.15, -0.1) is 0 Å². The molecule has 4 saturated carbocycles. The largest absolute Gasteiger partial charge is 0.310 e. The van der Waals surface area contributed by atoms with Crippen LogP contribution in [0.15, 0.2) is 0 Å². The summed E-state index contributed by atoms with van der Waals surface area (Å²) in [5, 5.41) is 3.85. The van der Waals surface area contributed by atoms with Gasteiger partial charge in [0.1, 0.15) is 0 Å². The summed E-state index contributed by atoms with van der Waals surface area (Å²) in [6, 6.07) is 1.66. The van der Waals surface area contributed by atoms with E-state index in [1.165, 1.54) is 38.9 Å². The molecule has 2 nitrogen and oxygen atoms in total. The molecule has 6 bridgehead atoms. The minimum Gasteiger partial charge on any atom is -0.310 e. The monoisotopic (exact) mass is 274 g/mol. The topological polar surface area (TPSA) is 15.3 Å². The lowest BCUT2D eigenvalue weighted by Crippen LogP contribution is -2.52. The predicted octanol–water partition coefficient (Wildman–Crippen LogP) is 3.03. The van der Waals surface area contributed by atoms with Crippen LogP contribution < -0.4 is 5.32 Å². The highest BCUT2D eigenvalue weighted by Gasteiger charge is 2.51. The Labute approximate surface area is 123 Å². The third-order valence-electron chi connectivity index (χ3n) is 7.33. The summed E-state index contributed by atoms with van der Waals surface area (Å²) in [6.45, 7) is 4.16. The highest BCUT2D eigenvalue weighted by molar-refractivity contribution is 5.03. The molecule has 0 aromatic heterocycles. The van der Waals surface area contributed by atoms with E-state index in [9.17, 15) is 0 Å². The minimum absolute atomic E-state index is 0.748. The molecule has 0 amide bonds. The number of likely N-dealkylation sites (tertiary alicyclic amines) is 1. The summed E-state index contributed by atoms with van der Waals surface area (Å²) in [7, 11) is 0. The van der Waals surface area contributed by atoms with Crippen molar-refractivity contribution in [1.29, 1.82) is 0 Å². The van der Waals surface area contributed by atoms with Gasteiger partial charge in [-0.05, 0) is 87.5 Å². The normalized spacial score (nSPS) is 54.3. The van der Waals surface area contributed by atoms with Gasteiger partial charge in [-0.2, -0.15) is 0 Å². The van der Waals surface area contributed by atoms with Gasteiger partial charge in [-0.1, -0.05) is 0 Å². The van der Waals surface area contributed by atoms with Crippen LogP contribution >= 0.6 is 0 Å². The first-order chi connectivity index (χ1) is 9.76. The molecule has 0 aromatic carbocycles. The van der Waals surface area contributed by atoms with E-state index in [-0.39, 0.29) is 0 Å². The molecule has 2 heteroatoms. The Morgan fingerprint density at radius 3 is 2.20 bits per heavy atom. The molecule has 2 atom stereocenters. The summed E-state index contributed by atoms with van der Waals surface area (Å²) in [5.41, 5.74) is 0.748. The third kappa shape index (κ3) is 2.06. The van der Waals surface area contributed by atoms with E-state index in [0.29, 0.717) is 0 Å². The van der Waals surface area contributed by atoms with Gasteiger partial charge >= 0.3 is 0 Å². The summed E-state index contributed by atoms with van der Waals surface area (Å²) in [5.74, 6) is 3.34. The molecule has 0 radical (unpaired) electrons. The van der Waals surface area contributed by atoms with Crippen molar-refractivity contribution >= 4 is 0 Å². The maximum Gasteiger partial charge on any atom is 0.0198 e. The Hall–Kier alpha value is -0.0800. The molecule has 112 valence electrons. The number of hydrogen-bond acceptors (Lipinski definition) is 2. The zero-order valence-corrected chi connectivity index (χ0v) is 12.8. The molecule has 0 aromatic rings. The average Bonchev–Trinajstić information content (AvgIpc) is 2.71. The first-order valence-corrected chi connectivity index (χ1v) is 9.25. The van der Waals surface area contributed by atoms with E-state index < -0.39 is 0 Å². The van der Waals surface area contributed by atoms with E-state index >= 15 is 0 Å². The molecule has 2 saturated heterocycles. The fourth-order valence-electron chi connectivity index (χ4n) is 7.12. The molecule has 20 heavy (non-hydrogen) atoms. The Morgan fingerprint density at radius 2 is 1.50 bits per heavy atom. The van der Waals surface area contributed by atoms with Crippen LogP contribution in [-0.4, -0.2) is 36.6 Å². The van der Waals surface area contributed by atoms with Crippen molar-refractivity contribution in [3.05, 3.63) is 0 Å². The maximum absolute atomic E-state index is 3.85. The van der Waals surface area contributed by atoms with Crippen molar-refractivity contribution in [3.8, 4) is 0 Å². The molecule has 4 aliphatic carbocycles. The fourth-order valence-corrected chi connectivity index (χ4v) is 7.12. The maximum atomic E-state index is 3.85. The van der Waals surface area contributed by atoms with Gasteiger partial charge in [-0.3, -0.25) is 0 Å². The van der Waals surface area contributed by atoms with Crippen molar-refractivity contribution in [3.63, 3.8) is 0 Å². The predicted molar refractivity (Wildman–Crippen MR) is 81.6 cm³/mol. The standard InChI is InChI=1S/C18H30N2/c1-2-17-11-20(4-3-16(1)19-17)12-18-8-13-5-14(9-18)7-15(6-13)10-18/h13-17,19H,1-12H2. The fraction of sp³-hybridized carbons (Fsp3) is 1.00. The van der Waals surface area contributed by atoms with Gasteiger partial charge in [-0.25, -0.2) is 0 Å². The van der Waals surface area contributed by atoms with Crippen LogP contribution in [0.2, 0.25) is 0 Å². The van der Waals surface area contributed by atoms with Crippen LogP contribution in [-0.2, 0) is 0 Å². The van der Waals surface area contributed by atoms with Gasteiger partial charge < -0.3 is 10.2 Å². The average molecular weight is 274 g/mol. The Balaban J connectivity index is 1.31. The van der Waals surface area contributed by atoms with Gasteiger partial charge in [0, 0.05) is 25.2 Å². The molecule has 2 unspecified atom stereocenters. The second-order valence-electron chi connectivity index (χ2n) is 9.08. The second-order valence-corrected chi connectivity index (χ2v) is 9.08. The Kier molecular flexibility index (Phi) is 2.78. The molecule has 6 fully saturated rings. The quantitative estimate of drug-likeness (QED) is 0.832. The van der Waals surface area contributed by atoms with Crippen LogP contribution in [0.4, 0.5) is 0 Å². The van der Waals surface area contributed by atoms with Crippen molar-refractivity contribution in [2.75, 3.05) is 19.6 Å². The molecule has 0 spiro atoms. The molecule has 2 aliphatic heterocycles. The number of fused-ring (bicyclic) bond motifs is 2. The minimum atomic E-state index is 0.748. The lowest BCUT2D eigenvalue weighted by Gasteiger charge is -2.58. The lowest BCUT2D eigenvalue weighted by atomic mass is 9.49. The molecular weight excluding hydrogens is 244 g/mol. The van der Waals surface area contributed by atoms with Gasteiger partial charge in [0.15, 0.2) is 0 Å². The zero-order valence-electron chi connectivity index (χ0n) is 12.8. The molecule has 2 heterocycles. The van der Waals surface area contributed by atoms with E-state index in [4.69, 9.17) is 0 Å². The summed E-state index contributed by atoms with van der Waals surface area (Å²) >= 11 is 0. The van der Waals surface area contributed by atoms with Crippen LogP contribution in [0.5, 0.6) is 0 Å². The number of rotatable bonds is 2. The highest BCUT2D eigenvalue weighted by atomic mass is 15.2.